The van der Waals surface area contributed by atoms with Crippen LogP contribution in [0.2, 0.25) is 0 Å². The van der Waals surface area contributed by atoms with Gasteiger partial charge in [-0.1, -0.05) is 0 Å². The highest BCUT2D eigenvalue weighted by Gasteiger charge is 2.09. The van der Waals surface area contributed by atoms with Gasteiger partial charge in [-0.2, -0.15) is 0 Å². The molecule has 0 heterocycles. The Morgan fingerprint density at radius 3 is 2.42 bits per heavy atom. The number of ether oxygens (including phenoxy) is 1. The monoisotopic (exact) mass is 353 g/mol. The molecule has 1 N–H and O–H groups in total. The molecule has 5 nitrogen and oxygen atoms in total. The lowest BCUT2D eigenvalue weighted by Crippen LogP contribution is -2.14. The molecule has 0 aromatic heterocycles. The maximum absolute atomic E-state index is 11.6. The molecule has 0 radical (unpaired) electrons. The van der Waals surface area contributed by atoms with Crippen LogP contribution in [-0.4, -0.2) is 37.9 Å². The summed E-state index contributed by atoms with van der Waals surface area (Å²) >= 11 is 0. The van der Waals surface area contributed by atoms with E-state index in [0.717, 1.165) is 40.3 Å². The Hall–Kier alpha value is -2.82. The highest BCUT2D eigenvalue weighted by Crippen LogP contribution is 2.30. The predicted octanol–water partition coefficient (Wildman–Crippen LogP) is 4.75. The highest BCUT2D eigenvalue weighted by molar-refractivity contribution is 5.90. The summed E-state index contributed by atoms with van der Waals surface area (Å²) < 4.78 is 4.77. The molecule has 0 aliphatic carbocycles. The average Bonchev–Trinajstić information content (AvgIpc) is 2.63. The van der Waals surface area contributed by atoms with Crippen molar-refractivity contribution in [3.8, 4) is 0 Å². The van der Waals surface area contributed by atoms with Crippen LogP contribution in [-0.2, 0) is 4.74 Å². The van der Waals surface area contributed by atoms with Crippen molar-refractivity contribution in [1.29, 1.82) is 0 Å². The van der Waals surface area contributed by atoms with Crippen LogP contribution in [0.15, 0.2) is 35.3 Å². The summed E-state index contributed by atoms with van der Waals surface area (Å²) in [6, 6.07) is 9.67. The van der Waals surface area contributed by atoms with E-state index in [0.29, 0.717) is 5.56 Å². The van der Waals surface area contributed by atoms with E-state index in [1.165, 1.54) is 7.11 Å². The number of aliphatic imine (C=N–C) groups is 1. The summed E-state index contributed by atoms with van der Waals surface area (Å²) in [4.78, 5) is 18.2. The highest BCUT2D eigenvalue weighted by atomic mass is 16.5. The lowest BCUT2D eigenvalue weighted by Gasteiger charge is -2.15. The van der Waals surface area contributed by atoms with Gasteiger partial charge in [-0.05, 0) is 74.7 Å². The molecule has 0 atom stereocenters. The predicted molar refractivity (Wildman–Crippen MR) is 108 cm³/mol. The number of methoxy groups -OCH3 is 1. The molecule has 138 valence electrons. The van der Waals surface area contributed by atoms with E-state index >= 15 is 0 Å². The molecule has 26 heavy (non-hydrogen) atoms. The zero-order valence-electron chi connectivity index (χ0n) is 16.4. The Bertz CT molecular complexity index is 828. The second-order valence-electron chi connectivity index (χ2n) is 6.42. The van der Waals surface area contributed by atoms with Gasteiger partial charge >= 0.3 is 5.97 Å². The summed E-state index contributed by atoms with van der Waals surface area (Å²) in [5.41, 5.74) is 6.69. The fourth-order valence-electron chi connectivity index (χ4n) is 2.51. The van der Waals surface area contributed by atoms with Crippen LogP contribution < -0.4 is 5.32 Å². The molecule has 0 saturated carbocycles. The van der Waals surface area contributed by atoms with Gasteiger partial charge in [-0.15, -0.1) is 0 Å². The first-order chi connectivity index (χ1) is 12.3. The smallest absolute Gasteiger partial charge is 0.337 e. The minimum atomic E-state index is -0.328. The number of hydrogen-bond donors (Lipinski definition) is 1. The van der Waals surface area contributed by atoms with E-state index in [4.69, 9.17) is 4.74 Å². The van der Waals surface area contributed by atoms with Crippen molar-refractivity contribution in [3.05, 3.63) is 52.6 Å². The van der Waals surface area contributed by atoms with Gasteiger partial charge in [-0.3, -0.25) is 0 Å². The van der Waals surface area contributed by atoms with Crippen molar-refractivity contribution < 1.29 is 9.53 Å². The minimum Gasteiger partial charge on any atom is -0.465 e. The number of hydrogen-bond acceptors (Lipinski definition) is 4. The van der Waals surface area contributed by atoms with E-state index in [9.17, 15) is 4.79 Å². The maximum atomic E-state index is 11.6. The first kappa shape index (κ1) is 19.5. The zero-order chi connectivity index (χ0) is 19.3. The van der Waals surface area contributed by atoms with Crippen molar-refractivity contribution in [2.75, 3.05) is 26.0 Å². The van der Waals surface area contributed by atoms with Gasteiger partial charge in [0, 0.05) is 25.0 Å². The fraction of sp³-hybridized carbons (Fsp3) is 0.333. The molecular formula is C21H27N3O2. The third-order valence-corrected chi connectivity index (χ3v) is 4.35. The molecule has 0 amide bonds. The molecule has 5 heteroatoms. The van der Waals surface area contributed by atoms with Gasteiger partial charge in [-0.25, -0.2) is 9.79 Å². The number of anilines is 2. The van der Waals surface area contributed by atoms with Crippen LogP contribution in [0.5, 0.6) is 0 Å². The van der Waals surface area contributed by atoms with Crippen LogP contribution in [0, 0.1) is 20.8 Å². The molecular weight excluding hydrogens is 326 g/mol. The van der Waals surface area contributed by atoms with E-state index < -0.39 is 0 Å². The molecule has 2 aromatic carbocycles. The van der Waals surface area contributed by atoms with E-state index in [1.54, 1.807) is 6.07 Å². The first-order valence-electron chi connectivity index (χ1n) is 8.67. The Kier molecular flexibility index (Phi) is 6.39. The van der Waals surface area contributed by atoms with Crippen molar-refractivity contribution in [2.45, 2.75) is 27.7 Å². The van der Waals surface area contributed by atoms with Crippen LogP contribution in [0.25, 0.3) is 0 Å². The number of benzene rings is 2. The molecule has 0 fully saturated rings. The molecule has 0 spiro atoms. The average molecular weight is 353 g/mol. The van der Waals surface area contributed by atoms with Crippen LogP contribution in [0.3, 0.4) is 0 Å². The van der Waals surface area contributed by atoms with E-state index in [1.807, 2.05) is 37.3 Å². The normalized spacial score (nSPS) is 10.8. The Labute approximate surface area is 155 Å². The fourth-order valence-corrected chi connectivity index (χ4v) is 2.51. The second kappa shape index (κ2) is 8.52. The standard InChI is InChI=1S/C21H27N3O2/c1-7-24(5)13-22-19-11-16(4)20(12-15(19)3)23-18-9-8-17(10-14(18)2)21(25)26-6/h8-13,23H,7H2,1-6H3. The van der Waals surface area contributed by atoms with Gasteiger partial charge in [0.05, 0.1) is 24.7 Å². The van der Waals surface area contributed by atoms with E-state index in [-0.39, 0.29) is 5.97 Å². The third kappa shape index (κ3) is 4.63. The van der Waals surface area contributed by atoms with Crippen molar-refractivity contribution in [1.82, 2.24) is 4.90 Å². The Balaban J connectivity index is 2.26. The Morgan fingerprint density at radius 1 is 1.12 bits per heavy atom. The number of nitrogens with zero attached hydrogens (tertiary/aromatic N) is 2. The molecule has 0 unspecified atom stereocenters. The molecule has 2 rings (SSSR count). The summed E-state index contributed by atoms with van der Waals surface area (Å²) in [5, 5.41) is 3.45. The van der Waals surface area contributed by atoms with E-state index in [2.05, 4.69) is 43.2 Å². The molecule has 2 aromatic rings. The SMILES string of the molecule is CCN(C)C=Nc1cc(C)c(Nc2ccc(C(=O)OC)cc2C)cc1C. The van der Waals surface area contributed by atoms with Crippen LogP contribution in [0.1, 0.15) is 34.0 Å². The summed E-state index contributed by atoms with van der Waals surface area (Å²) in [6.07, 6.45) is 1.85. The van der Waals surface area contributed by atoms with Crippen LogP contribution in [0.4, 0.5) is 17.1 Å². The summed E-state index contributed by atoms with van der Waals surface area (Å²) in [5.74, 6) is -0.328. The van der Waals surface area contributed by atoms with Crippen molar-refractivity contribution in [2.24, 2.45) is 4.99 Å². The number of carbonyl (C=O) groups excluding carboxylic acids is 1. The maximum Gasteiger partial charge on any atom is 0.337 e. The second-order valence-corrected chi connectivity index (χ2v) is 6.42. The molecule has 0 aliphatic heterocycles. The quantitative estimate of drug-likeness (QED) is 0.462. The van der Waals surface area contributed by atoms with Gasteiger partial charge in [0.25, 0.3) is 0 Å². The van der Waals surface area contributed by atoms with Gasteiger partial charge in [0.1, 0.15) is 0 Å². The van der Waals surface area contributed by atoms with Gasteiger partial charge < -0.3 is 15.0 Å². The van der Waals surface area contributed by atoms with Crippen molar-refractivity contribution in [3.63, 3.8) is 0 Å². The topological polar surface area (TPSA) is 53.9 Å². The van der Waals surface area contributed by atoms with Crippen molar-refractivity contribution >= 4 is 29.4 Å². The lowest BCUT2D eigenvalue weighted by atomic mass is 10.1. The summed E-state index contributed by atoms with van der Waals surface area (Å²) in [6.45, 7) is 9.09. The number of carbonyl (C=O) groups is 1. The summed E-state index contributed by atoms with van der Waals surface area (Å²) in [7, 11) is 3.39. The largest absolute Gasteiger partial charge is 0.465 e. The molecule has 0 aliphatic rings. The third-order valence-electron chi connectivity index (χ3n) is 4.35. The Morgan fingerprint density at radius 2 is 1.81 bits per heavy atom. The number of esters is 1. The molecule has 0 bridgehead atoms. The van der Waals surface area contributed by atoms with Gasteiger partial charge in [0.2, 0.25) is 0 Å². The van der Waals surface area contributed by atoms with Gasteiger partial charge in [0.15, 0.2) is 0 Å². The number of rotatable bonds is 6. The first-order valence-corrected chi connectivity index (χ1v) is 8.67. The number of nitrogens with one attached hydrogen (secondary N) is 1. The number of aryl methyl sites for hydroxylation is 3. The zero-order valence-corrected chi connectivity index (χ0v) is 16.4. The van der Waals surface area contributed by atoms with Crippen LogP contribution >= 0.6 is 0 Å². The molecule has 0 saturated heterocycles. The lowest BCUT2D eigenvalue weighted by molar-refractivity contribution is 0.0600. The minimum absolute atomic E-state index is 0.328.